The molecule has 4 atom stereocenters. The van der Waals surface area contributed by atoms with Crippen molar-refractivity contribution < 1.29 is 43.3 Å². The second-order valence-corrected chi connectivity index (χ2v) is 19.8. The molecule has 0 aromatic heterocycles. The monoisotopic (exact) mass is 897 g/mol. The van der Waals surface area contributed by atoms with Crippen LogP contribution in [0.4, 0.5) is 4.79 Å². The number of Topliss-reactive ketones (excluding diaryl/α,β-unsaturated/α-hetero) is 1. The Hall–Kier alpha value is -5.57. The van der Waals surface area contributed by atoms with Gasteiger partial charge in [0.15, 0.2) is 5.78 Å². The van der Waals surface area contributed by atoms with E-state index in [2.05, 4.69) is 15.6 Å². The number of rotatable bonds is 16. The summed E-state index contributed by atoms with van der Waals surface area (Å²) in [7, 11) is 0. The Morgan fingerprint density at radius 1 is 0.969 bits per heavy atom. The van der Waals surface area contributed by atoms with Gasteiger partial charge in [0, 0.05) is 56.7 Å². The number of ether oxygens (including phenoxy) is 2. The fourth-order valence-electron chi connectivity index (χ4n) is 9.53. The fourth-order valence-corrected chi connectivity index (χ4v) is 9.53. The zero-order valence-electron chi connectivity index (χ0n) is 39.2. The van der Waals surface area contributed by atoms with Crippen LogP contribution in [0.2, 0.25) is 0 Å². The van der Waals surface area contributed by atoms with Gasteiger partial charge in [0.05, 0.1) is 18.8 Å². The molecule has 2 aliphatic carbocycles. The van der Waals surface area contributed by atoms with Gasteiger partial charge in [-0.2, -0.15) is 0 Å². The molecule has 6 rings (SSSR count). The maximum atomic E-state index is 14.4. The average Bonchev–Trinajstić information content (AvgIpc) is 3.79. The summed E-state index contributed by atoms with van der Waals surface area (Å²) in [5.74, 6) is -1.72. The zero-order chi connectivity index (χ0) is 47.1. The summed E-state index contributed by atoms with van der Waals surface area (Å²) in [4.78, 5) is 92.8. The number of nitrogens with one attached hydrogen (secondary N) is 2. The number of likely N-dealkylation sites (tertiary alicyclic amines) is 1. The van der Waals surface area contributed by atoms with E-state index >= 15 is 0 Å². The largest absolute Gasteiger partial charge is 0.511 e. The molecule has 2 aromatic rings. The maximum absolute atomic E-state index is 14.4. The highest BCUT2D eigenvalue weighted by Gasteiger charge is 2.46. The number of allylic oxidation sites excluding steroid dienone is 2. The van der Waals surface area contributed by atoms with E-state index in [0.717, 1.165) is 16.7 Å². The van der Waals surface area contributed by atoms with Crippen molar-refractivity contribution in [3.63, 3.8) is 0 Å². The first-order valence-corrected chi connectivity index (χ1v) is 23.2. The van der Waals surface area contributed by atoms with Gasteiger partial charge in [-0.1, -0.05) is 68.4 Å². The van der Waals surface area contributed by atoms with Crippen molar-refractivity contribution in [2.45, 2.75) is 142 Å². The van der Waals surface area contributed by atoms with E-state index in [1.165, 1.54) is 4.90 Å². The Balaban J connectivity index is 1.14. The smallest absolute Gasteiger partial charge is 0.411 e. The molecule has 3 N–H and O–H groups in total. The van der Waals surface area contributed by atoms with E-state index in [9.17, 15) is 33.9 Å². The average molecular weight is 897 g/mol. The summed E-state index contributed by atoms with van der Waals surface area (Å²) in [6.45, 7) is 14.4. The molecule has 2 saturated heterocycles. The first-order chi connectivity index (χ1) is 30.8. The number of ketones is 1. The van der Waals surface area contributed by atoms with E-state index < -0.39 is 41.6 Å². The Kier molecular flexibility index (Phi) is 15.9. The van der Waals surface area contributed by atoms with Crippen LogP contribution >= 0.6 is 0 Å². The van der Waals surface area contributed by atoms with E-state index in [-0.39, 0.29) is 65.8 Å². The van der Waals surface area contributed by atoms with E-state index in [4.69, 9.17) is 9.47 Å². The number of unbranched alkanes of at least 4 members (excludes halogenated alkanes) is 1. The first-order valence-electron chi connectivity index (χ1n) is 23.2. The Morgan fingerprint density at radius 3 is 2.25 bits per heavy atom. The van der Waals surface area contributed by atoms with Gasteiger partial charge in [-0.05, 0) is 95.2 Å². The van der Waals surface area contributed by atoms with E-state index in [1.54, 1.807) is 37.5 Å². The highest BCUT2D eigenvalue weighted by Crippen LogP contribution is 2.36. The minimum absolute atomic E-state index is 0.0661. The number of aliphatic hydroxyl groups excluding tert-OH is 1. The van der Waals surface area contributed by atoms with Crippen LogP contribution in [0.3, 0.4) is 0 Å². The van der Waals surface area contributed by atoms with Crippen LogP contribution in [0.25, 0.3) is 0 Å². The molecular formula is C50H68N6O9. The first kappa shape index (κ1) is 48.9. The summed E-state index contributed by atoms with van der Waals surface area (Å²) >= 11 is 0. The number of aliphatic hydroxyl groups is 1. The Morgan fingerprint density at radius 2 is 1.62 bits per heavy atom. The number of morpholine rings is 1. The van der Waals surface area contributed by atoms with Crippen molar-refractivity contribution in [3.8, 4) is 0 Å². The molecule has 15 nitrogen and oxygen atoms in total. The Labute approximate surface area is 383 Å². The summed E-state index contributed by atoms with van der Waals surface area (Å²) in [6, 6.07) is 13.6. The van der Waals surface area contributed by atoms with Gasteiger partial charge in [-0.3, -0.25) is 33.9 Å². The molecule has 1 unspecified atom stereocenters. The van der Waals surface area contributed by atoms with E-state index in [0.29, 0.717) is 83.5 Å². The molecule has 2 aromatic carbocycles. The van der Waals surface area contributed by atoms with Gasteiger partial charge in [-0.15, -0.1) is 0 Å². The minimum Gasteiger partial charge on any atom is -0.511 e. The number of hydrogen-bond acceptors (Lipinski definition) is 10. The molecular weight excluding hydrogens is 829 g/mol. The quantitative estimate of drug-likeness (QED) is 0.149. The molecule has 352 valence electrons. The molecule has 0 spiro atoms. The van der Waals surface area contributed by atoms with Crippen molar-refractivity contribution in [2.75, 3.05) is 39.4 Å². The predicted molar refractivity (Wildman–Crippen MR) is 246 cm³/mol. The van der Waals surface area contributed by atoms with Crippen molar-refractivity contribution in [3.05, 3.63) is 82.6 Å². The lowest BCUT2D eigenvalue weighted by atomic mass is 9.76. The lowest BCUT2D eigenvalue weighted by molar-refractivity contribution is -0.148. The number of hydrogen-bond donors (Lipinski definition) is 3. The van der Waals surface area contributed by atoms with Gasteiger partial charge in [-0.25, -0.2) is 4.79 Å². The van der Waals surface area contributed by atoms with Crippen molar-refractivity contribution in [1.29, 1.82) is 0 Å². The molecule has 65 heavy (non-hydrogen) atoms. The van der Waals surface area contributed by atoms with Crippen molar-refractivity contribution >= 4 is 41.2 Å². The summed E-state index contributed by atoms with van der Waals surface area (Å²) in [5, 5.41) is 16.5. The predicted octanol–water partition coefficient (Wildman–Crippen LogP) is 5.28. The van der Waals surface area contributed by atoms with Crippen molar-refractivity contribution in [2.24, 2.45) is 10.4 Å². The lowest BCUT2D eigenvalue weighted by Crippen LogP contribution is -2.57. The zero-order valence-corrected chi connectivity index (χ0v) is 39.2. The molecule has 15 heteroatoms. The van der Waals surface area contributed by atoms with Crippen LogP contribution in [0.5, 0.6) is 0 Å². The van der Waals surface area contributed by atoms with Crippen LogP contribution < -0.4 is 10.6 Å². The molecule has 0 bridgehead atoms. The van der Waals surface area contributed by atoms with Crippen LogP contribution in [0.15, 0.2) is 70.9 Å². The molecule has 2 heterocycles. The number of nitrogens with zero attached hydrogens (tertiary/aromatic N) is 4. The highest BCUT2D eigenvalue weighted by molar-refractivity contribution is 6.22. The minimum atomic E-state index is -1.09. The van der Waals surface area contributed by atoms with Crippen LogP contribution in [-0.4, -0.2) is 136 Å². The maximum Gasteiger partial charge on any atom is 0.411 e. The number of fused-ring (bicyclic) bond motifs is 1. The van der Waals surface area contributed by atoms with Crippen LogP contribution in [0.1, 0.15) is 104 Å². The van der Waals surface area contributed by atoms with Gasteiger partial charge in [0.25, 0.3) is 0 Å². The molecule has 5 amide bonds. The van der Waals surface area contributed by atoms with Gasteiger partial charge in [0.1, 0.15) is 36.0 Å². The third kappa shape index (κ3) is 12.8. The van der Waals surface area contributed by atoms with Crippen LogP contribution in [0, 0.1) is 5.41 Å². The molecule has 0 radical (unpaired) electrons. The van der Waals surface area contributed by atoms with Gasteiger partial charge < -0.3 is 35.0 Å². The van der Waals surface area contributed by atoms with Crippen LogP contribution in [-0.2, 0) is 52.7 Å². The summed E-state index contributed by atoms with van der Waals surface area (Å²) in [6.07, 6.45) is 3.10. The lowest BCUT2D eigenvalue weighted by Gasteiger charge is -2.36. The Bertz CT molecular complexity index is 2120. The highest BCUT2D eigenvalue weighted by atomic mass is 16.6. The fraction of sp³-hybridized carbons (Fsp3) is 0.580. The van der Waals surface area contributed by atoms with Crippen molar-refractivity contribution in [1.82, 2.24) is 25.3 Å². The number of carbonyl (C=O) groups excluding carboxylic acids is 6. The molecule has 2 fully saturated rings. The molecule has 4 aliphatic rings. The SMILES string of the molecule is CC(=NCCCC[C@H](C(=O)N1CCOCC1)N1C(=O)[C@H](NC(=O)[C@@H](Cc2ccccc2)NC(=O)CN(C(=O)OC(C)(C)C)C2Cc3ccccc3C2)CC1C)C1=C(O)CC(C)(C)CC1=O. The number of benzene rings is 2. The summed E-state index contributed by atoms with van der Waals surface area (Å²) in [5.41, 5.74) is 2.66. The third-order valence-electron chi connectivity index (χ3n) is 12.7. The second kappa shape index (κ2) is 21.2. The number of carbonyl (C=O) groups is 6. The number of amides is 5. The normalized spacial score (nSPS) is 21.2. The van der Waals surface area contributed by atoms with E-state index in [1.807, 2.05) is 75.4 Å². The topological polar surface area (TPSA) is 187 Å². The molecule has 0 saturated carbocycles. The standard InChI is InChI=1S/C50H68N6O9/c1-32-25-39(46(61)56(32)40(47(62)54-21-23-64-24-22-54)19-13-14-20-51-33(2)44-41(57)29-50(6,7)30-42(44)58)53-45(60)38(26-34-15-9-8-10-16-34)52-43(59)31-55(48(63)65-49(3,4)5)37-27-35-17-11-12-18-36(35)28-37/h8-12,15-18,32,37-40,57H,13-14,19-31H2,1-7H3,(H,52,59)(H,53,60)/t32?,38-,39-,40-/m1/s1. The molecule has 2 aliphatic heterocycles. The third-order valence-corrected chi connectivity index (χ3v) is 12.7. The summed E-state index contributed by atoms with van der Waals surface area (Å²) < 4.78 is 11.3. The van der Waals surface area contributed by atoms with Gasteiger partial charge >= 0.3 is 6.09 Å². The van der Waals surface area contributed by atoms with Gasteiger partial charge in [0.2, 0.25) is 23.6 Å². The second-order valence-electron chi connectivity index (χ2n) is 19.8. The number of aliphatic imine (C=N–C) groups is 1.